The molecule has 1 amide bonds. The third-order valence-corrected chi connectivity index (χ3v) is 5.27. The Morgan fingerprint density at radius 2 is 1.93 bits per heavy atom. The number of amides is 1. The number of ether oxygens (including phenoxy) is 2. The minimum atomic E-state index is -0.226. The topological polar surface area (TPSA) is 50.8 Å². The summed E-state index contributed by atoms with van der Waals surface area (Å²) < 4.78 is 24.7. The van der Waals surface area contributed by atoms with Gasteiger partial charge in [0.2, 0.25) is 5.91 Å². The summed E-state index contributed by atoms with van der Waals surface area (Å²) in [5.74, 6) is 1.26. The van der Waals surface area contributed by atoms with Crippen molar-refractivity contribution in [2.45, 2.75) is 25.5 Å². The first-order valence-electron chi connectivity index (χ1n) is 9.80. The van der Waals surface area contributed by atoms with Crippen molar-refractivity contribution in [2.75, 3.05) is 26.2 Å². The second-order valence-electron chi connectivity index (χ2n) is 7.44. The largest absolute Gasteiger partial charge is 0.486 e. The molecule has 1 N–H and O–H groups in total. The van der Waals surface area contributed by atoms with Gasteiger partial charge in [-0.1, -0.05) is 24.3 Å². The summed E-state index contributed by atoms with van der Waals surface area (Å²) in [5, 5.41) is 3.02. The molecule has 2 aromatic rings. The third-order valence-electron chi connectivity index (χ3n) is 5.27. The van der Waals surface area contributed by atoms with Crippen molar-refractivity contribution in [2.24, 2.45) is 5.92 Å². The first-order valence-corrected chi connectivity index (χ1v) is 9.80. The maximum Gasteiger partial charge on any atom is 0.224 e. The van der Waals surface area contributed by atoms with Gasteiger partial charge in [0.1, 0.15) is 18.5 Å². The van der Waals surface area contributed by atoms with Crippen molar-refractivity contribution in [3.05, 3.63) is 59.9 Å². The van der Waals surface area contributed by atoms with E-state index in [9.17, 15) is 9.18 Å². The van der Waals surface area contributed by atoms with Gasteiger partial charge < -0.3 is 14.8 Å². The molecule has 2 atom stereocenters. The summed E-state index contributed by atoms with van der Waals surface area (Å²) in [4.78, 5) is 14.9. The molecule has 2 aliphatic heterocycles. The van der Waals surface area contributed by atoms with Crippen LogP contribution in [0.5, 0.6) is 11.5 Å². The molecule has 0 unspecified atom stereocenters. The molecular weight excluding hydrogens is 359 g/mol. The van der Waals surface area contributed by atoms with Gasteiger partial charge in [0.15, 0.2) is 11.5 Å². The van der Waals surface area contributed by atoms with Crippen molar-refractivity contribution in [1.82, 2.24) is 10.2 Å². The van der Waals surface area contributed by atoms with E-state index in [0.29, 0.717) is 19.7 Å². The smallest absolute Gasteiger partial charge is 0.224 e. The molecule has 2 heterocycles. The van der Waals surface area contributed by atoms with Crippen LogP contribution in [-0.4, -0.2) is 43.2 Å². The van der Waals surface area contributed by atoms with E-state index in [1.54, 1.807) is 12.1 Å². The highest BCUT2D eigenvalue weighted by Crippen LogP contribution is 2.30. The fraction of sp³-hybridized carbons (Fsp3) is 0.409. The molecule has 6 heteroatoms. The number of fused-ring (bicyclic) bond motifs is 1. The van der Waals surface area contributed by atoms with Crippen LogP contribution in [0.15, 0.2) is 48.5 Å². The fourth-order valence-electron chi connectivity index (χ4n) is 3.78. The lowest BCUT2D eigenvalue weighted by Gasteiger charge is -2.32. The van der Waals surface area contributed by atoms with Gasteiger partial charge in [-0.15, -0.1) is 0 Å². The Morgan fingerprint density at radius 1 is 1.14 bits per heavy atom. The van der Waals surface area contributed by atoms with Gasteiger partial charge in [0.25, 0.3) is 0 Å². The molecule has 4 rings (SSSR count). The number of hydrogen-bond acceptors (Lipinski definition) is 4. The lowest BCUT2D eigenvalue weighted by molar-refractivity contribution is -0.127. The number of likely N-dealkylation sites (tertiary alicyclic amines) is 1. The molecular formula is C22H25FN2O3. The third kappa shape index (κ3) is 4.62. The first-order chi connectivity index (χ1) is 13.7. The van der Waals surface area contributed by atoms with Crippen molar-refractivity contribution < 1.29 is 18.7 Å². The van der Waals surface area contributed by atoms with Gasteiger partial charge in [-0.25, -0.2) is 4.39 Å². The van der Waals surface area contributed by atoms with E-state index < -0.39 is 0 Å². The average molecular weight is 384 g/mol. The molecule has 28 heavy (non-hydrogen) atoms. The van der Waals surface area contributed by atoms with Gasteiger partial charge in [-0.3, -0.25) is 9.69 Å². The highest BCUT2D eigenvalue weighted by Gasteiger charge is 2.27. The number of nitrogens with one attached hydrogen (secondary N) is 1. The molecule has 1 fully saturated rings. The van der Waals surface area contributed by atoms with Gasteiger partial charge in [0.05, 0.1) is 12.5 Å². The van der Waals surface area contributed by atoms with Crippen LogP contribution < -0.4 is 14.8 Å². The summed E-state index contributed by atoms with van der Waals surface area (Å²) >= 11 is 0. The second kappa shape index (κ2) is 8.61. The number of piperidine rings is 1. The Balaban J connectivity index is 1.26. The molecule has 0 aromatic heterocycles. The van der Waals surface area contributed by atoms with E-state index in [-0.39, 0.29) is 23.7 Å². The average Bonchev–Trinajstić information content (AvgIpc) is 2.74. The van der Waals surface area contributed by atoms with Crippen LogP contribution in [0.25, 0.3) is 0 Å². The van der Waals surface area contributed by atoms with Crippen LogP contribution in [0.1, 0.15) is 18.4 Å². The Hall–Kier alpha value is -2.60. The molecule has 148 valence electrons. The maximum atomic E-state index is 13.1. The molecule has 2 aromatic carbocycles. The van der Waals surface area contributed by atoms with E-state index in [1.165, 1.54) is 12.1 Å². The van der Waals surface area contributed by atoms with E-state index in [2.05, 4.69) is 10.2 Å². The Morgan fingerprint density at radius 3 is 2.75 bits per heavy atom. The van der Waals surface area contributed by atoms with Crippen molar-refractivity contribution in [3.8, 4) is 11.5 Å². The zero-order valence-corrected chi connectivity index (χ0v) is 15.8. The van der Waals surface area contributed by atoms with Crippen LogP contribution >= 0.6 is 0 Å². The molecule has 2 aliphatic rings. The van der Waals surface area contributed by atoms with Crippen LogP contribution in [0.2, 0.25) is 0 Å². The van der Waals surface area contributed by atoms with E-state index >= 15 is 0 Å². The van der Waals surface area contributed by atoms with E-state index in [4.69, 9.17) is 9.47 Å². The number of carbonyl (C=O) groups is 1. The van der Waals surface area contributed by atoms with Crippen LogP contribution in [0.3, 0.4) is 0 Å². The number of benzene rings is 2. The minimum Gasteiger partial charge on any atom is -0.486 e. The van der Waals surface area contributed by atoms with Gasteiger partial charge in [0, 0.05) is 13.1 Å². The number of nitrogens with zero attached hydrogens (tertiary/aromatic N) is 1. The fourth-order valence-corrected chi connectivity index (χ4v) is 3.78. The first kappa shape index (κ1) is 18.7. The Kier molecular flexibility index (Phi) is 5.76. The quantitative estimate of drug-likeness (QED) is 0.861. The standard InChI is InChI=1S/C22H25FN2O3/c23-18-9-7-16(8-10-18)13-25-11-3-4-17(14-25)22(26)24-12-19-15-27-20-5-1-2-6-21(20)28-19/h1-2,5-10,17,19H,3-4,11-15H2,(H,24,26)/t17-,19+/m0/s1. The Bertz CT molecular complexity index is 812. The summed E-state index contributed by atoms with van der Waals surface area (Å²) in [6.45, 7) is 3.27. The lowest BCUT2D eigenvalue weighted by Crippen LogP contribution is -2.46. The zero-order chi connectivity index (χ0) is 19.3. The van der Waals surface area contributed by atoms with Crippen LogP contribution in [0.4, 0.5) is 4.39 Å². The van der Waals surface area contributed by atoms with E-state index in [0.717, 1.165) is 43.0 Å². The molecule has 0 saturated carbocycles. The SMILES string of the molecule is O=C(NC[C@@H]1COc2ccccc2O1)[C@H]1CCCN(Cc2ccc(F)cc2)C1. The number of carbonyl (C=O) groups excluding carboxylic acids is 1. The van der Waals surface area contributed by atoms with Crippen molar-refractivity contribution >= 4 is 5.91 Å². The number of halogens is 1. The van der Waals surface area contributed by atoms with Crippen LogP contribution in [0, 0.1) is 11.7 Å². The minimum absolute atomic E-state index is 0.0361. The highest BCUT2D eigenvalue weighted by atomic mass is 19.1. The zero-order valence-electron chi connectivity index (χ0n) is 15.8. The van der Waals surface area contributed by atoms with Crippen molar-refractivity contribution in [3.63, 3.8) is 0 Å². The normalized spacial score (nSPS) is 21.9. The Labute approximate surface area is 164 Å². The van der Waals surface area contributed by atoms with Crippen LogP contribution in [-0.2, 0) is 11.3 Å². The highest BCUT2D eigenvalue weighted by molar-refractivity contribution is 5.79. The summed E-state index contributed by atoms with van der Waals surface area (Å²) in [5.41, 5.74) is 1.06. The molecule has 5 nitrogen and oxygen atoms in total. The molecule has 0 bridgehead atoms. The molecule has 0 spiro atoms. The summed E-state index contributed by atoms with van der Waals surface area (Å²) in [7, 11) is 0. The van der Waals surface area contributed by atoms with Gasteiger partial charge in [-0.2, -0.15) is 0 Å². The van der Waals surface area contributed by atoms with E-state index in [1.807, 2.05) is 24.3 Å². The predicted octanol–water partition coefficient (Wildman–Crippen LogP) is 2.99. The second-order valence-corrected chi connectivity index (χ2v) is 7.44. The predicted molar refractivity (Wildman–Crippen MR) is 104 cm³/mol. The molecule has 0 aliphatic carbocycles. The molecule has 0 radical (unpaired) electrons. The number of rotatable bonds is 5. The number of hydrogen-bond donors (Lipinski definition) is 1. The lowest BCUT2D eigenvalue weighted by atomic mass is 9.96. The summed E-state index contributed by atoms with van der Waals surface area (Å²) in [6, 6.07) is 14.1. The number of para-hydroxylation sites is 2. The van der Waals surface area contributed by atoms with Crippen molar-refractivity contribution in [1.29, 1.82) is 0 Å². The maximum absolute atomic E-state index is 13.1. The van der Waals surface area contributed by atoms with Gasteiger partial charge in [-0.05, 0) is 49.2 Å². The van der Waals surface area contributed by atoms with Gasteiger partial charge >= 0.3 is 0 Å². The molecule has 1 saturated heterocycles. The summed E-state index contributed by atoms with van der Waals surface area (Å²) in [6.07, 6.45) is 1.68. The monoisotopic (exact) mass is 384 g/mol.